The molecule has 2 rings (SSSR count). The van der Waals surface area contributed by atoms with Crippen LogP contribution in [0.3, 0.4) is 0 Å². The predicted octanol–water partition coefficient (Wildman–Crippen LogP) is 2.91. The maximum Gasteiger partial charge on any atom is 0.259 e. The Morgan fingerprint density at radius 3 is 2.22 bits per heavy atom. The number of hydrogen-bond donors (Lipinski definition) is 2. The molecule has 120 valence electrons. The van der Waals surface area contributed by atoms with Crippen LogP contribution in [-0.2, 0) is 4.79 Å². The normalized spacial score (nSPS) is 9.87. The minimum Gasteiger partial charge on any atom is -0.497 e. The number of carbonyl (C=O) groups is 2. The molecular weight excluding hydrogens is 296 g/mol. The van der Waals surface area contributed by atoms with Crippen LogP contribution in [0.15, 0.2) is 42.5 Å². The Balaban J connectivity index is 2.20. The summed E-state index contributed by atoms with van der Waals surface area (Å²) < 4.78 is 10.3. The van der Waals surface area contributed by atoms with E-state index in [0.29, 0.717) is 28.4 Å². The van der Waals surface area contributed by atoms with Gasteiger partial charge in [0.25, 0.3) is 5.91 Å². The topological polar surface area (TPSA) is 76.7 Å². The summed E-state index contributed by atoms with van der Waals surface area (Å²) in [6.45, 7) is 1.42. The Bertz CT molecular complexity index is 728. The summed E-state index contributed by atoms with van der Waals surface area (Å²) in [5, 5.41) is 5.44. The maximum absolute atomic E-state index is 12.4. The minimum atomic E-state index is -0.315. The van der Waals surface area contributed by atoms with Gasteiger partial charge in [-0.3, -0.25) is 9.59 Å². The molecule has 0 saturated heterocycles. The third-order valence-corrected chi connectivity index (χ3v) is 3.09. The molecule has 0 radical (unpaired) electrons. The van der Waals surface area contributed by atoms with E-state index in [1.54, 1.807) is 49.6 Å². The zero-order chi connectivity index (χ0) is 16.8. The van der Waals surface area contributed by atoms with Gasteiger partial charge in [0.1, 0.15) is 11.5 Å². The predicted molar refractivity (Wildman–Crippen MR) is 88.2 cm³/mol. The lowest BCUT2D eigenvalue weighted by Gasteiger charge is -2.11. The second-order valence-electron chi connectivity index (χ2n) is 4.78. The van der Waals surface area contributed by atoms with Crippen molar-refractivity contribution in [3.63, 3.8) is 0 Å². The highest BCUT2D eigenvalue weighted by Crippen LogP contribution is 2.25. The highest BCUT2D eigenvalue weighted by atomic mass is 16.5. The van der Waals surface area contributed by atoms with E-state index >= 15 is 0 Å². The Kier molecular flexibility index (Phi) is 5.19. The van der Waals surface area contributed by atoms with Gasteiger partial charge in [0.05, 0.1) is 19.8 Å². The van der Waals surface area contributed by atoms with Crippen LogP contribution in [0.2, 0.25) is 0 Å². The van der Waals surface area contributed by atoms with Crippen molar-refractivity contribution in [3.05, 3.63) is 48.0 Å². The Labute approximate surface area is 134 Å². The number of methoxy groups -OCH3 is 2. The summed E-state index contributed by atoms with van der Waals surface area (Å²) in [5.74, 6) is 0.528. The van der Waals surface area contributed by atoms with E-state index in [9.17, 15) is 9.59 Å². The number of rotatable bonds is 5. The molecule has 0 aliphatic heterocycles. The first-order chi connectivity index (χ1) is 11.0. The van der Waals surface area contributed by atoms with Crippen molar-refractivity contribution in [3.8, 4) is 11.5 Å². The van der Waals surface area contributed by atoms with Crippen molar-refractivity contribution in [2.24, 2.45) is 0 Å². The van der Waals surface area contributed by atoms with E-state index in [2.05, 4.69) is 10.6 Å². The standard InChI is InChI=1S/C17H18N2O4/c1-11(20)18-12-5-4-6-13(9-12)19-17(21)15-8-7-14(22-2)10-16(15)23-3/h4-10H,1-3H3,(H,18,20)(H,19,21). The van der Waals surface area contributed by atoms with Gasteiger partial charge in [-0.1, -0.05) is 6.07 Å². The smallest absolute Gasteiger partial charge is 0.259 e. The maximum atomic E-state index is 12.4. The summed E-state index contributed by atoms with van der Waals surface area (Å²) in [5.41, 5.74) is 1.56. The molecule has 23 heavy (non-hydrogen) atoms. The average molecular weight is 314 g/mol. The summed E-state index contributed by atoms with van der Waals surface area (Å²) >= 11 is 0. The molecule has 0 aliphatic rings. The quantitative estimate of drug-likeness (QED) is 0.889. The Hall–Kier alpha value is -3.02. The van der Waals surface area contributed by atoms with Crippen molar-refractivity contribution in [1.82, 2.24) is 0 Å². The lowest BCUT2D eigenvalue weighted by Crippen LogP contribution is -2.13. The van der Waals surface area contributed by atoms with Gasteiger partial charge in [-0.05, 0) is 30.3 Å². The second-order valence-corrected chi connectivity index (χ2v) is 4.78. The van der Waals surface area contributed by atoms with Crippen molar-refractivity contribution in [2.45, 2.75) is 6.92 Å². The number of ether oxygens (including phenoxy) is 2. The molecule has 0 atom stereocenters. The van der Waals surface area contributed by atoms with Crippen LogP contribution in [0.1, 0.15) is 17.3 Å². The lowest BCUT2D eigenvalue weighted by atomic mass is 10.1. The molecule has 0 heterocycles. The second kappa shape index (κ2) is 7.31. The van der Waals surface area contributed by atoms with Gasteiger partial charge in [0.2, 0.25) is 5.91 Å². The number of anilines is 2. The molecule has 2 aromatic rings. The molecule has 0 unspecified atom stereocenters. The van der Waals surface area contributed by atoms with Crippen LogP contribution in [0.4, 0.5) is 11.4 Å². The van der Waals surface area contributed by atoms with Crippen LogP contribution >= 0.6 is 0 Å². The molecule has 2 amide bonds. The van der Waals surface area contributed by atoms with Crippen molar-refractivity contribution in [1.29, 1.82) is 0 Å². The largest absolute Gasteiger partial charge is 0.497 e. The average Bonchev–Trinajstić information content (AvgIpc) is 2.53. The molecule has 0 aromatic heterocycles. The van der Waals surface area contributed by atoms with Gasteiger partial charge in [0, 0.05) is 24.4 Å². The van der Waals surface area contributed by atoms with Crippen molar-refractivity contribution >= 4 is 23.2 Å². The van der Waals surface area contributed by atoms with E-state index < -0.39 is 0 Å². The highest BCUT2D eigenvalue weighted by Gasteiger charge is 2.13. The molecule has 0 bridgehead atoms. The first-order valence-corrected chi connectivity index (χ1v) is 6.94. The minimum absolute atomic E-state index is 0.176. The first-order valence-electron chi connectivity index (χ1n) is 6.94. The van der Waals surface area contributed by atoms with Crippen molar-refractivity contribution < 1.29 is 19.1 Å². The molecular formula is C17H18N2O4. The monoisotopic (exact) mass is 314 g/mol. The Morgan fingerprint density at radius 2 is 1.61 bits per heavy atom. The number of benzene rings is 2. The van der Waals surface area contributed by atoms with Gasteiger partial charge in [-0.15, -0.1) is 0 Å². The van der Waals surface area contributed by atoms with E-state index in [0.717, 1.165) is 0 Å². The molecule has 0 aliphatic carbocycles. The zero-order valence-electron chi connectivity index (χ0n) is 13.2. The van der Waals surface area contributed by atoms with E-state index in [4.69, 9.17) is 9.47 Å². The zero-order valence-corrected chi connectivity index (χ0v) is 13.2. The third-order valence-electron chi connectivity index (χ3n) is 3.09. The molecule has 0 spiro atoms. The molecule has 2 aromatic carbocycles. The molecule has 0 saturated carbocycles. The SMILES string of the molecule is COc1ccc(C(=O)Nc2cccc(NC(C)=O)c2)c(OC)c1. The number of carbonyl (C=O) groups excluding carboxylic acids is 2. The van der Waals surface area contributed by atoms with Crippen LogP contribution in [-0.4, -0.2) is 26.0 Å². The third kappa shape index (κ3) is 4.23. The highest BCUT2D eigenvalue weighted by molar-refractivity contribution is 6.06. The van der Waals surface area contributed by atoms with Gasteiger partial charge in [-0.25, -0.2) is 0 Å². The number of hydrogen-bond acceptors (Lipinski definition) is 4. The fraction of sp³-hybridized carbons (Fsp3) is 0.176. The van der Waals surface area contributed by atoms with Crippen molar-refractivity contribution in [2.75, 3.05) is 24.9 Å². The lowest BCUT2D eigenvalue weighted by molar-refractivity contribution is -0.114. The van der Waals surface area contributed by atoms with E-state index in [-0.39, 0.29) is 11.8 Å². The molecule has 6 nitrogen and oxygen atoms in total. The number of nitrogens with one attached hydrogen (secondary N) is 2. The van der Waals surface area contributed by atoms with E-state index in [1.807, 2.05) is 0 Å². The molecule has 0 fully saturated rings. The molecule has 6 heteroatoms. The van der Waals surface area contributed by atoms with Crippen LogP contribution in [0, 0.1) is 0 Å². The molecule has 2 N–H and O–H groups in total. The van der Waals surface area contributed by atoms with Gasteiger partial charge in [-0.2, -0.15) is 0 Å². The fourth-order valence-electron chi connectivity index (χ4n) is 2.06. The van der Waals surface area contributed by atoms with Gasteiger partial charge in [0.15, 0.2) is 0 Å². The summed E-state index contributed by atoms with van der Waals surface area (Å²) in [7, 11) is 3.03. The number of amides is 2. The summed E-state index contributed by atoms with van der Waals surface area (Å²) in [6.07, 6.45) is 0. The van der Waals surface area contributed by atoms with Crippen LogP contribution in [0.5, 0.6) is 11.5 Å². The van der Waals surface area contributed by atoms with Gasteiger partial charge >= 0.3 is 0 Å². The van der Waals surface area contributed by atoms with Crippen LogP contribution in [0.25, 0.3) is 0 Å². The van der Waals surface area contributed by atoms with Crippen LogP contribution < -0.4 is 20.1 Å². The van der Waals surface area contributed by atoms with Gasteiger partial charge < -0.3 is 20.1 Å². The van der Waals surface area contributed by atoms with E-state index in [1.165, 1.54) is 14.0 Å². The fourth-order valence-corrected chi connectivity index (χ4v) is 2.06. The first kappa shape index (κ1) is 16.4. The summed E-state index contributed by atoms with van der Waals surface area (Å²) in [6, 6.07) is 11.9. The Morgan fingerprint density at radius 1 is 0.913 bits per heavy atom. The summed E-state index contributed by atoms with van der Waals surface area (Å²) in [4.78, 5) is 23.5.